The van der Waals surface area contributed by atoms with E-state index in [9.17, 15) is 19.2 Å². The first-order valence-corrected chi connectivity index (χ1v) is 15.5. The van der Waals surface area contributed by atoms with E-state index in [1.165, 1.54) is 0 Å². The molecule has 0 saturated heterocycles. The summed E-state index contributed by atoms with van der Waals surface area (Å²) >= 11 is 3.37. The molecule has 5 rings (SSSR count). The molecule has 0 atom stereocenters. The molecule has 0 bridgehead atoms. The first kappa shape index (κ1) is 32.8. The van der Waals surface area contributed by atoms with Crippen LogP contribution in [0.1, 0.15) is 43.0 Å². The zero-order valence-corrected chi connectivity index (χ0v) is 27.3. The number of halogens is 1. The first-order valence-electron chi connectivity index (χ1n) is 14.7. The quantitative estimate of drug-likeness (QED) is 0.131. The molecular weight excluding hydrogens is 660 g/mol. The highest BCUT2D eigenvalue weighted by Gasteiger charge is 2.15. The summed E-state index contributed by atoms with van der Waals surface area (Å²) in [5.74, 6) is -0.150. The summed E-state index contributed by atoms with van der Waals surface area (Å²) in [4.78, 5) is 51.2. The maximum atomic E-state index is 12.8. The topological polar surface area (TPSA) is 111 Å². The summed E-state index contributed by atoms with van der Waals surface area (Å²) in [6.07, 6.45) is 0. The molecule has 5 aromatic carbocycles. The molecule has 0 spiro atoms. The van der Waals surface area contributed by atoms with Gasteiger partial charge in [-0.3, -0.25) is 19.2 Å². The number of anilines is 2. The van der Waals surface area contributed by atoms with Crippen LogP contribution in [0.4, 0.5) is 11.4 Å². The third-order valence-electron chi connectivity index (χ3n) is 7.23. The van der Waals surface area contributed by atoms with Gasteiger partial charge in [-0.15, -0.1) is 0 Å². The molecule has 2 amide bonds. The lowest BCUT2D eigenvalue weighted by Crippen LogP contribution is -2.24. The van der Waals surface area contributed by atoms with Gasteiger partial charge in [0.2, 0.25) is 0 Å². The van der Waals surface area contributed by atoms with E-state index < -0.39 is 11.8 Å². The Labute approximate surface area is 280 Å². The summed E-state index contributed by atoms with van der Waals surface area (Å²) in [6.45, 7) is 3.05. The molecule has 9 heteroatoms. The lowest BCUT2D eigenvalue weighted by molar-refractivity contribution is -0.119. The fraction of sp³-hybridized carbons (Fsp3) is 0.105. The van der Waals surface area contributed by atoms with E-state index in [1.807, 2.05) is 37.3 Å². The maximum absolute atomic E-state index is 12.8. The largest absolute Gasteiger partial charge is 0.484 e. The second kappa shape index (κ2) is 15.2. The van der Waals surface area contributed by atoms with E-state index in [4.69, 9.17) is 9.47 Å². The number of carbonyl (C=O) groups is 4. The molecule has 0 aromatic heterocycles. The van der Waals surface area contributed by atoms with Crippen LogP contribution in [0.3, 0.4) is 0 Å². The molecule has 5 aromatic rings. The number of carbonyl (C=O) groups excluding carboxylic acids is 4. The third kappa shape index (κ3) is 8.59. The summed E-state index contributed by atoms with van der Waals surface area (Å²) in [7, 11) is 0. The second-order valence-electron chi connectivity index (χ2n) is 10.7. The SMILES string of the molecule is Cc1cc(C(=O)c2ccc(Br)cc2)ccc1OCC(=O)Nc1ccccc1NC(=O)COc1ccc(C(=O)c2ccccc2)c(C)c1. The highest BCUT2D eigenvalue weighted by molar-refractivity contribution is 9.10. The number of amides is 2. The molecule has 47 heavy (non-hydrogen) atoms. The van der Waals surface area contributed by atoms with E-state index in [0.29, 0.717) is 50.7 Å². The van der Waals surface area contributed by atoms with Crippen LogP contribution in [0, 0.1) is 13.8 Å². The van der Waals surface area contributed by atoms with Crippen LogP contribution in [-0.4, -0.2) is 36.6 Å². The van der Waals surface area contributed by atoms with Crippen LogP contribution in [0.5, 0.6) is 11.5 Å². The number of rotatable bonds is 12. The molecule has 0 aliphatic rings. The maximum Gasteiger partial charge on any atom is 0.262 e. The number of ether oxygens (including phenoxy) is 2. The van der Waals surface area contributed by atoms with Gasteiger partial charge in [-0.25, -0.2) is 0 Å². The van der Waals surface area contributed by atoms with Gasteiger partial charge in [-0.05, 0) is 97.8 Å². The Morgan fingerprint density at radius 1 is 0.574 bits per heavy atom. The molecule has 0 fully saturated rings. The van der Waals surface area contributed by atoms with Crippen molar-refractivity contribution in [3.05, 3.63) is 153 Å². The Bertz CT molecular complexity index is 1940. The standard InChI is InChI=1S/C38H31BrN2O6/c1-24-21-30(17-18-31(24)38(45)26-8-4-3-5-9-26)46-22-35(42)40-32-10-6-7-11-33(32)41-36(43)23-47-34-19-14-28(20-25(34)2)37(44)27-12-15-29(39)16-13-27/h3-21H,22-23H2,1-2H3,(H,40,42)(H,41,43). The number of para-hydroxylation sites is 2. The van der Waals surface area contributed by atoms with E-state index in [0.717, 1.165) is 10.0 Å². The van der Waals surface area contributed by atoms with Gasteiger partial charge in [0.15, 0.2) is 24.8 Å². The second-order valence-corrected chi connectivity index (χ2v) is 11.6. The van der Waals surface area contributed by atoms with Gasteiger partial charge < -0.3 is 20.1 Å². The Hall–Kier alpha value is -5.54. The molecule has 0 saturated carbocycles. The van der Waals surface area contributed by atoms with Gasteiger partial charge >= 0.3 is 0 Å². The Morgan fingerprint density at radius 3 is 1.77 bits per heavy atom. The van der Waals surface area contributed by atoms with Gasteiger partial charge in [0.25, 0.3) is 11.8 Å². The van der Waals surface area contributed by atoms with Crippen molar-refractivity contribution in [2.24, 2.45) is 0 Å². The highest BCUT2D eigenvalue weighted by Crippen LogP contribution is 2.24. The predicted molar refractivity (Wildman–Crippen MR) is 184 cm³/mol. The van der Waals surface area contributed by atoms with Crippen molar-refractivity contribution in [2.75, 3.05) is 23.8 Å². The summed E-state index contributed by atoms with van der Waals surface area (Å²) in [5.41, 5.74) is 4.45. The lowest BCUT2D eigenvalue weighted by atomic mass is 9.99. The molecule has 0 heterocycles. The number of ketones is 2. The molecule has 8 nitrogen and oxygen atoms in total. The van der Waals surface area contributed by atoms with Crippen LogP contribution in [0.2, 0.25) is 0 Å². The van der Waals surface area contributed by atoms with Gasteiger partial charge in [0.05, 0.1) is 11.4 Å². The normalized spacial score (nSPS) is 10.5. The summed E-state index contributed by atoms with van der Waals surface area (Å²) < 4.78 is 12.3. The van der Waals surface area contributed by atoms with E-state index >= 15 is 0 Å². The summed E-state index contributed by atoms with van der Waals surface area (Å²) in [5, 5.41) is 5.52. The van der Waals surface area contributed by atoms with E-state index in [-0.39, 0.29) is 24.8 Å². The number of hydrogen-bond acceptors (Lipinski definition) is 6. The lowest BCUT2D eigenvalue weighted by Gasteiger charge is -2.14. The molecule has 0 aliphatic heterocycles. The van der Waals surface area contributed by atoms with Crippen molar-refractivity contribution in [3.63, 3.8) is 0 Å². The third-order valence-corrected chi connectivity index (χ3v) is 7.75. The van der Waals surface area contributed by atoms with Gasteiger partial charge in [-0.1, -0.05) is 58.4 Å². The Kier molecular flexibility index (Phi) is 10.6. The smallest absolute Gasteiger partial charge is 0.262 e. The number of aryl methyl sites for hydroxylation is 2. The minimum atomic E-state index is -0.432. The van der Waals surface area contributed by atoms with E-state index in [1.54, 1.807) is 91.9 Å². The van der Waals surface area contributed by atoms with Crippen molar-refractivity contribution in [3.8, 4) is 11.5 Å². The van der Waals surface area contributed by atoms with E-state index in [2.05, 4.69) is 26.6 Å². The van der Waals surface area contributed by atoms with Gasteiger partial charge in [0, 0.05) is 26.7 Å². The first-order chi connectivity index (χ1) is 22.7. The number of nitrogens with one attached hydrogen (secondary N) is 2. The van der Waals surface area contributed by atoms with Crippen molar-refractivity contribution in [2.45, 2.75) is 13.8 Å². The van der Waals surface area contributed by atoms with Crippen LogP contribution < -0.4 is 20.1 Å². The molecule has 0 unspecified atom stereocenters. The molecular formula is C38H31BrN2O6. The average Bonchev–Trinajstić information content (AvgIpc) is 3.08. The minimum absolute atomic E-state index is 0.0893. The molecule has 2 N–H and O–H groups in total. The van der Waals surface area contributed by atoms with Crippen molar-refractivity contribution in [1.29, 1.82) is 0 Å². The number of hydrogen-bond donors (Lipinski definition) is 2. The molecule has 236 valence electrons. The summed E-state index contributed by atoms with van der Waals surface area (Å²) in [6, 6.07) is 33.0. The molecule has 0 aliphatic carbocycles. The van der Waals surface area contributed by atoms with Crippen molar-refractivity contribution >= 4 is 50.7 Å². The zero-order valence-electron chi connectivity index (χ0n) is 25.7. The monoisotopic (exact) mass is 690 g/mol. The van der Waals surface area contributed by atoms with Crippen molar-refractivity contribution in [1.82, 2.24) is 0 Å². The predicted octanol–water partition coefficient (Wildman–Crippen LogP) is 7.56. The Balaban J connectivity index is 1.13. The Morgan fingerprint density at radius 2 is 1.15 bits per heavy atom. The van der Waals surface area contributed by atoms with Crippen LogP contribution in [0.15, 0.2) is 120 Å². The van der Waals surface area contributed by atoms with Crippen LogP contribution in [0.25, 0.3) is 0 Å². The van der Waals surface area contributed by atoms with Gasteiger partial charge in [-0.2, -0.15) is 0 Å². The molecule has 0 radical (unpaired) electrons. The number of benzene rings is 5. The fourth-order valence-electron chi connectivity index (χ4n) is 4.81. The zero-order chi connectivity index (χ0) is 33.3. The average molecular weight is 692 g/mol. The highest BCUT2D eigenvalue weighted by atomic mass is 79.9. The van der Waals surface area contributed by atoms with Crippen LogP contribution >= 0.6 is 15.9 Å². The minimum Gasteiger partial charge on any atom is -0.484 e. The van der Waals surface area contributed by atoms with Crippen molar-refractivity contribution < 1.29 is 28.7 Å². The van der Waals surface area contributed by atoms with Crippen LogP contribution in [-0.2, 0) is 9.59 Å². The fourth-order valence-corrected chi connectivity index (χ4v) is 5.08. The van der Waals surface area contributed by atoms with Gasteiger partial charge in [0.1, 0.15) is 11.5 Å².